The minimum Gasteiger partial charge on any atom is -0.361 e. The van der Waals surface area contributed by atoms with Crippen molar-refractivity contribution >= 4 is 16.9 Å². The predicted molar refractivity (Wildman–Crippen MR) is 98.6 cm³/mol. The molecule has 134 valence electrons. The van der Waals surface area contributed by atoms with Gasteiger partial charge >= 0.3 is 6.03 Å². The Kier molecular flexibility index (Phi) is 4.32. The second kappa shape index (κ2) is 6.78. The summed E-state index contributed by atoms with van der Waals surface area (Å²) in [4.78, 5) is 19.1. The quantitative estimate of drug-likeness (QED) is 0.778. The summed E-state index contributed by atoms with van der Waals surface area (Å²) in [5.74, 6) is 0.770. The van der Waals surface area contributed by atoms with Gasteiger partial charge in [-0.2, -0.15) is 0 Å². The van der Waals surface area contributed by atoms with Gasteiger partial charge in [0.25, 0.3) is 0 Å². The van der Waals surface area contributed by atoms with Gasteiger partial charge in [0.15, 0.2) is 0 Å². The summed E-state index contributed by atoms with van der Waals surface area (Å²) >= 11 is 0. The van der Waals surface area contributed by atoms with Crippen molar-refractivity contribution in [3.05, 3.63) is 59.1 Å². The van der Waals surface area contributed by atoms with E-state index in [0.29, 0.717) is 6.54 Å². The topological polar surface area (TPSA) is 71.3 Å². The van der Waals surface area contributed by atoms with Gasteiger partial charge in [0, 0.05) is 30.7 Å². The highest BCUT2D eigenvalue weighted by molar-refractivity contribution is 5.84. The van der Waals surface area contributed by atoms with E-state index >= 15 is 0 Å². The zero-order valence-corrected chi connectivity index (χ0v) is 15.0. The van der Waals surface area contributed by atoms with Crippen LogP contribution in [0.15, 0.2) is 41.1 Å². The molecule has 26 heavy (non-hydrogen) atoms. The zero-order valence-electron chi connectivity index (χ0n) is 15.0. The average molecular weight is 350 g/mol. The van der Waals surface area contributed by atoms with Gasteiger partial charge in [-0.15, -0.1) is 0 Å². The molecular formula is C20H22N4O2. The Labute approximate surface area is 152 Å². The molecule has 6 heteroatoms. The highest BCUT2D eigenvalue weighted by atomic mass is 16.5. The van der Waals surface area contributed by atoms with Crippen LogP contribution in [0.25, 0.3) is 10.9 Å². The van der Waals surface area contributed by atoms with Gasteiger partial charge in [-0.1, -0.05) is 17.3 Å². The number of urea groups is 1. The second-order valence-corrected chi connectivity index (χ2v) is 6.80. The molecule has 3 heterocycles. The van der Waals surface area contributed by atoms with Crippen LogP contribution in [-0.2, 0) is 6.54 Å². The summed E-state index contributed by atoms with van der Waals surface area (Å²) in [6.07, 6.45) is 3.67. The summed E-state index contributed by atoms with van der Waals surface area (Å²) in [7, 11) is 0. The van der Waals surface area contributed by atoms with E-state index in [4.69, 9.17) is 4.52 Å². The number of hydrogen-bond donors (Lipinski definition) is 1. The molecule has 1 aliphatic rings. The largest absolute Gasteiger partial charge is 0.361 e. The molecule has 0 aliphatic carbocycles. The lowest BCUT2D eigenvalue weighted by atomic mass is 10.0. The van der Waals surface area contributed by atoms with E-state index in [0.717, 1.165) is 52.9 Å². The Hall–Kier alpha value is -2.89. The molecular weight excluding hydrogens is 328 g/mol. The highest BCUT2D eigenvalue weighted by Gasteiger charge is 2.32. The second-order valence-electron chi connectivity index (χ2n) is 6.80. The third kappa shape index (κ3) is 3.03. The van der Waals surface area contributed by atoms with Crippen molar-refractivity contribution in [3.8, 4) is 0 Å². The minimum absolute atomic E-state index is 0.0114. The van der Waals surface area contributed by atoms with Crippen LogP contribution in [0.5, 0.6) is 0 Å². The Balaban J connectivity index is 1.51. The van der Waals surface area contributed by atoms with Gasteiger partial charge in [0.05, 0.1) is 11.6 Å². The van der Waals surface area contributed by atoms with Gasteiger partial charge in [0.2, 0.25) is 0 Å². The van der Waals surface area contributed by atoms with E-state index in [2.05, 4.69) is 22.4 Å². The van der Waals surface area contributed by atoms with Crippen molar-refractivity contribution in [2.75, 3.05) is 6.54 Å². The number of fused-ring (bicyclic) bond motifs is 1. The molecule has 4 rings (SSSR count). The molecule has 2 amide bonds. The lowest BCUT2D eigenvalue weighted by molar-refractivity contribution is 0.190. The molecule has 0 spiro atoms. The summed E-state index contributed by atoms with van der Waals surface area (Å²) < 4.78 is 5.18. The van der Waals surface area contributed by atoms with Crippen molar-refractivity contribution in [3.63, 3.8) is 0 Å². The molecule has 2 aromatic heterocycles. The van der Waals surface area contributed by atoms with Crippen LogP contribution >= 0.6 is 0 Å². The van der Waals surface area contributed by atoms with Crippen LogP contribution in [0, 0.1) is 13.8 Å². The number of benzene rings is 1. The van der Waals surface area contributed by atoms with Crippen LogP contribution in [0.4, 0.5) is 4.79 Å². The van der Waals surface area contributed by atoms with Crippen molar-refractivity contribution in [1.82, 2.24) is 20.4 Å². The predicted octanol–water partition coefficient (Wildman–Crippen LogP) is 3.89. The summed E-state index contributed by atoms with van der Waals surface area (Å²) in [5, 5.41) is 8.26. The smallest absolute Gasteiger partial charge is 0.318 e. The van der Waals surface area contributed by atoms with E-state index in [9.17, 15) is 4.79 Å². The minimum atomic E-state index is -0.0616. The first-order valence-electron chi connectivity index (χ1n) is 8.94. The van der Waals surface area contributed by atoms with Gasteiger partial charge in [-0.05, 0) is 49.9 Å². The Morgan fingerprint density at radius 2 is 2.23 bits per heavy atom. The SMILES string of the molecule is Cc1cc([C@@H]2CCCN2C(=O)NCc2c(C)ccc3ncccc23)no1. The summed E-state index contributed by atoms with van der Waals surface area (Å²) in [6.45, 7) is 5.14. The van der Waals surface area contributed by atoms with Crippen LogP contribution < -0.4 is 5.32 Å². The van der Waals surface area contributed by atoms with Crippen LogP contribution in [0.3, 0.4) is 0 Å². The van der Waals surface area contributed by atoms with Gasteiger partial charge in [-0.25, -0.2) is 4.79 Å². The molecule has 1 atom stereocenters. The lowest BCUT2D eigenvalue weighted by Gasteiger charge is -2.23. The molecule has 0 radical (unpaired) electrons. The van der Waals surface area contributed by atoms with E-state index in [-0.39, 0.29) is 12.1 Å². The third-order valence-corrected chi connectivity index (χ3v) is 5.05. The number of pyridine rings is 1. The number of amides is 2. The van der Waals surface area contributed by atoms with Crippen LogP contribution in [-0.4, -0.2) is 27.6 Å². The fourth-order valence-electron chi connectivity index (χ4n) is 3.68. The molecule has 0 saturated carbocycles. The molecule has 1 saturated heterocycles. The zero-order chi connectivity index (χ0) is 18.1. The number of aromatic nitrogens is 2. The maximum atomic E-state index is 12.8. The Morgan fingerprint density at radius 1 is 1.35 bits per heavy atom. The number of carbonyl (C=O) groups excluding carboxylic acids is 1. The lowest BCUT2D eigenvalue weighted by Crippen LogP contribution is -2.39. The molecule has 3 aromatic rings. The number of nitrogens with one attached hydrogen (secondary N) is 1. The number of aryl methyl sites for hydroxylation is 2. The molecule has 0 bridgehead atoms. The number of hydrogen-bond acceptors (Lipinski definition) is 4. The van der Waals surface area contributed by atoms with Crippen LogP contribution in [0.2, 0.25) is 0 Å². The molecule has 1 fully saturated rings. The number of rotatable bonds is 3. The number of likely N-dealkylation sites (tertiary alicyclic amines) is 1. The molecule has 6 nitrogen and oxygen atoms in total. The fraction of sp³-hybridized carbons (Fsp3) is 0.350. The van der Waals surface area contributed by atoms with Crippen molar-refractivity contribution < 1.29 is 9.32 Å². The monoisotopic (exact) mass is 350 g/mol. The highest BCUT2D eigenvalue weighted by Crippen LogP contribution is 2.31. The van der Waals surface area contributed by atoms with Gasteiger partial charge < -0.3 is 14.7 Å². The van der Waals surface area contributed by atoms with Crippen molar-refractivity contribution in [2.24, 2.45) is 0 Å². The third-order valence-electron chi connectivity index (χ3n) is 5.05. The van der Waals surface area contributed by atoms with Gasteiger partial charge in [-0.3, -0.25) is 4.98 Å². The molecule has 1 N–H and O–H groups in total. The summed E-state index contributed by atoms with van der Waals surface area (Å²) in [6, 6.07) is 9.88. The van der Waals surface area contributed by atoms with E-state index in [1.165, 1.54) is 0 Å². The Bertz CT molecular complexity index is 950. The first-order valence-corrected chi connectivity index (χ1v) is 8.94. The normalized spacial score (nSPS) is 17.0. The first kappa shape index (κ1) is 16.6. The van der Waals surface area contributed by atoms with E-state index < -0.39 is 0 Å². The van der Waals surface area contributed by atoms with Crippen molar-refractivity contribution in [1.29, 1.82) is 0 Å². The molecule has 0 unspecified atom stereocenters. The van der Waals surface area contributed by atoms with Gasteiger partial charge in [0.1, 0.15) is 11.5 Å². The van der Waals surface area contributed by atoms with Crippen LogP contribution in [0.1, 0.15) is 41.5 Å². The summed E-state index contributed by atoms with van der Waals surface area (Å²) in [5.41, 5.74) is 4.04. The number of nitrogens with zero attached hydrogens (tertiary/aromatic N) is 3. The molecule has 1 aliphatic heterocycles. The number of carbonyl (C=O) groups is 1. The maximum absolute atomic E-state index is 12.8. The Morgan fingerprint density at radius 3 is 3.04 bits per heavy atom. The fourth-order valence-corrected chi connectivity index (χ4v) is 3.68. The van der Waals surface area contributed by atoms with E-state index in [1.54, 1.807) is 6.20 Å². The van der Waals surface area contributed by atoms with Crippen molar-refractivity contribution in [2.45, 2.75) is 39.3 Å². The first-order chi connectivity index (χ1) is 12.6. The van der Waals surface area contributed by atoms with E-state index in [1.807, 2.05) is 42.2 Å². The molecule has 1 aromatic carbocycles. The maximum Gasteiger partial charge on any atom is 0.318 e. The standard InChI is InChI=1S/C20H22N4O2/c1-13-7-8-17-15(5-3-9-21-17)16(13)12-22-20(25)24-10-4-6-19(24)18-11-14(2)26-23-18/h3,5,7-9,11,19H,4,6,10,12H2,1-2H3,(H,22,25)/t19-/m0/s1. The average Bonchev–Trinajstić information content (AvgIpc) is 3.29.